The van der Waals surface area contributed by atoms with E-state index in [2.05, 4.69) is 45.0 Å². The minimum Gasteiger partial charge on any atom is -0.496 e. The van der Waals surface area contributed by atoms with E-state index in [9.17, 15) is 5.26 Å². The van der Waals surface area contributed by atoms with Crippen molar-refractivity contribution in [3.8, 4) is 11.8 Å². The van der Waals surface area contributed by atoms with Crippen molar-refractivity contribution in [2.24, 2.45) is 0 Å². The Morgan fingerprint density at radius 3 is 2.45 bits per heavy atom. The van der Waals surface area contributed by atoms with Gasteiger partial charge >= 0.3 is 0 Å². The Morgan fingerprint density at radius 2 is 1.86 bits per heavy atom. The number of ether oxygens (including phenoxy) is 1. The zero-order valence-electron chi connectivity index (χ0n) is 13.8. The van der Waals surface area contributed by atoms with Gasteiger partial charge in [0.2, 0.25) is 0 Å². The van der Waals surface area contributed by atoms with Crippen LogP contribution in [0.5, 0.6) is 5.75 Å². The number of methoxy groups -OCH3 is 1. The van der Waals surface area contributed by atoms with Gasteiger partial charge in [-0.2, -0.15) is 5.26 Å². The molecule has 0 amide bonds. The van der Waals surface area contributed by atoms with E-state index < -0.39 is 0 Å². The SMILES string of the molecule is COc1ccc(C(C)C)cc1CC(C#N)c1ccccc1C. The van der Waals surface area contributed by atoms with Crippen molar-refractivity contribution in [3.63, 3.8) is 0 Å². The van der Waals surface area contributed by atoms with Gasteiger partial charge < -0.3 is 4.74 Å². The summed E-state index contributed by atoms with van der Waals surface area (Å²) in [6, 6.07) is 16.8. The Bertz CT molecular complexity index is 682. The predicted octanol–water partition coefficient (Wildman–Crippen LogP) is 4.98. The van der Waals surface area contributed by atoms with E-state index in [1.165, 1.54) is 5.56 Å². The Labute approximate surface area is 133 Å². The molecule has 0 saturated carbocycles. The van der Waals surface area contributed by atoms with Crippen LogP contribution in [-0.4, -0.2) is 7.11 Å². The Balaban J connectivity index is 2.37. The van der Waals surface area contributed by atoms with E-state index in [1.807, 2.05) is 24.3 Å². The van der Waals surface area contributed by atoms with Crippen molar-refractivity contribution in [1.29, 1.82) is 5.26 Å². The monoisotopic (exact) mass is 293 g/mol. The molecule has 0 fully saturated rings. The maximum absolute atomic E-state index is 9.62. The van der Waals surface area contributed by atoms with Gasteiger partial charge in [-0.3, -0.25) is 0 Å². The molecule has 2 heteroatoms. The molecular weight excluding hydrogens is 270 g/mol. The highest BCUT2D eigenvalue weighted by atomic mass is 16.5. The molecular formula is C20H23NO. The maximum Gasteiger partial charge on any atom is 0.122 e. The predicted molar refractivity (Wildman–Crippen MR) is 90.3 cm³/mol. The van der Waals surface area contributed by atoms with Crippen molar-refractivity contribution < 1.29 is 4.74 Å². The molecule has 0 radical (unpaired) electrons. The van der Waals surface area contributed by atoms with Gasteiger partial charge in [-0.05, 0) is 47.6 Å². The second-order valence-corrected chi connectivity index (χ2v) is 5.97. The molecule has 0 aliphatic heterocycles. The summed E-state index contributed by atoms with van der Waals surface area (Å²) in [5.41, 5.74) is 4.64. The molecule has 2 aromatic carbocycles. The number of hydrogen-bond acceptors (Lipinski definition) is 2. The van der Waals surface area contributed by atoms with Crippen LogP contribution in [0.25, 0.3) is 0 Å². The van der Waals surface area contributed by atoms with Crippen molar-refractivity contribution >= 4 is 0 Å². The van der Waals surface area contributed by atoms with Crippen molar-refractivity contribution in [1.82, 2.24) is 0 Å². The highest BCUT2D eigenvalue weighted by Crippen LogP contribution is 2.30. The lowest BCUT2D eigenvalue weighted by atomic mass is 9.88. The minimum atomic E-state index is -0.155. The smallest absolute Gasteiger partial charge is 0.122 e. The highest BCUT2D eigenvalue weighted by Gasteiger charge is 2.17. The molecule has 114 valence electrons. The molecule has 2 aromatic rings. The first kappa shape index (κ1) is 16.1. The van der Waals surface area contributed by atoms with Crippen molar-refractivity contribution in [2.75, 3.05) is 7.11 Å². The minimum absolute atomic E-state index is 0.155. The first-order chi connectivity index (χ1) is 10.6. The van der Waals surface area contributed by atoms with Gasteiger partial charge in [-0.25, -0.2) is 0 Å². The molecule has 2 nitrogen and oxygen atoms in total. The fourth-order valence-electron chi connectivity index (χ4n) is 2.74. The molecule has 0 saturated heterocycles. The molecule has 0 heterocycles. The lowest BCUT2D eigenvalue weighted by molar-refractivity contribution is 0.408. The maximum atomic E-state index is 9.62. The van der Waals surface area contributed by atoms with Gasteiger partial charge in [0, 0.05) is 0 Å². The molecule has 0 aliphatic carbocycles. The number of nitriles is 1. The summed E-state index contributed by atoms with van der Waals surface area (Å²) in [5, 5.41) is 9.62. The average molecular weight is 293 g/mol. The van der Waals surface area contributed by atoms with E-state index >= 15 is 0 Å². The summed E-state index contributed by atoms with van der Waals surface area (Å²) in [6.45, 7) is 6.41. The first-order valence-corrected chi connectivity index (χ1v) is 7.68. The third-order valence-electron chi connectivity index (χ3n) is 4.11. The van der Waals surface area contributed by atoms with Crippen molar-refractivity contribution in [2.45, 2.75) is 39.0 Å². The lowest BCUT2D eigenvalue weighted by Gasteiger charge is -2.16. The molecule has 2 rings (SSSR count). The third-order valence-corrected chi connectivity index (χ3v) is 4.11. The summed E-state index contributed by atoms with van der Waals surface area (Å²) in [6.07, 6.45) is 0.672. The summed E-state index contributed by atoms with van der Waals surface area (Å²) >= 11 is 0. The first-order valence-electron chi connectivity index (χ1n) is 7.68. The van der Waals surface area contributed by atoms with E-state index in [0.717, 1.165) is 22.4 Å². The molecule has 1 unspecified atom stereocenters. The van der Waals surface area contributed by atoms with Crippen LogP contribution in [0.2, 0.25) is 0 Å². The van der Waals surface area contributed by atoms with E-state index in [-0.39, 0.29) is 5.92 Å². The third kappa shape index (κ3) is 3.49. The van der Waals surface area contributed by atoms with Gasteiger partial charge in [-0.1, -0.05) is 50.2 Å². The fraction of sp³-hybridized carbons (Fsp3) is 0.350. The zero-order valence-corrected chi connectivity index (χ0v) is 13.8. The van der Waals surface area contributed by atoms with Crippen LogP contribution in [0.4, 0.5) is 0 Å². The summed E-state index contributed by atoms with van der Waals surface area (Å²) in [5.74, 6) is 1.17. The van der Waals surface area contributed by atoms with E-state index in [0.29, 0.717) is 12.3 Å². The number of aryl methyl sites for hydroxylation is 1. The molecule has 0 spiro atoms. The van der Waals surface area contributed by atoms with Gasteiger partial charge in [0.05, 0.1) is 19.1 Å². The van der Waals surface area contributed by atoms with Crippen LogP contribution >= 0.6 is 0 Å². The fourth-order valence-corrected chi connectivity index (χ4v) is 2.74. The van der Waals surface area contributed by atoms with Crippen LogP contribution in [0, 0.1) is 18.3 Å². The van der Waals surface area contributed by atoms with Gasteiger partial charge in [-0.15, -0.1) is 0 Å². The number of hydrogen-bond donors (Lipinski definition) is 0. The van der Waals surface area contributed by atoms with Gasteiger partial charge in [0.25, 0.3) is 0 Å². The number of nitrogens with zero attached hydrogens (tertiary/aromatic N) is 1. The standard InChI is InChI=1S/C20H23NO/c1-14(2)16-9-10-20(22-4)17(11-16)12-18(13-21)19-8-6-5-7-15(19)3/h5-11,14,18H,12H2,1-4H3. The summed E-state index contributed by atoms with van der Waals surface area (Å²) in [4.78, 5) is 0. The zero-order chi connectivity index (χ0) is 16.1. The van der Waals surface area contributed by atoms with E-state index in [4.69, 9.17) is 4.74 Å². The molecule has 0 bridgehead atoms. The lowest BCUT2D eigenvalue weighted by Crippen LogP contribution is -2.05. The quantitative estimate of drug-likeness (QED) is 0.779. The molecule has 0 N–H and O–H groups in total. The Kier molecular flexibility index (Phi) is 5.22. The number of rotatable bonds is 5. The topological polar surface area (TPSA) is 33.0 Å². The van der Waals surface area contributed by atoms with Crippen LogP contribution in [0.15, 0.2) is 42.5 Å². The average Bonchev–Trinajstić information content (AvgIpc) is 2.53. The van der Waals surface area contributed by atoms with Crippen LogP contribution in [0.3, 0.4) is 0 Å². The Morgan fingerprint density at radius 1 is 1.14 bits per heavy atom. The summed E-state index contributed by atoms with van der Waals surface area (Å²) in [7, 11) is 1.68. The highest BCUT2D eigenvalue weighted by molar-refractivity contribution is 5.42. The van der Waals surface area contributed by atoms with Gasteiger partial charge in [0.1, 0.15) is 5.75 Å². The second kappa shape index (κ2) is 7.13. The molecule has 22 heavy (non-hydrogen) atoms. The normalized spacial score (nSPS) is 12.0. The molecule has 1 atom stereocenters. The van der Waals surface area contributed by atoms with Gasteiger partial charge in [0.15, 0.2) is 0 Å². The summed E-state index contributed by atoms with van der Waals surface area (Å²) < 4.78 is 5.48. The van der Waals surface area contributed by atoms with Crippen LogP contribution in [-0.2, 0) is 6.42 Å². The second-order valence-electron chi connectivity index (χ2n) is 5.97. The number of benzene rings is 2. The van der Waals surface area contributed by atoms with Crippen LogP contribution in [0.1, 0.15) is 47.9 Å². The molecule has 0 aromatic heterocycles. The van der Waals surface area contributed by atoms with Crippen molar-refractivity contribution in [3.05, 3.63) is 64.7 Å². The largest absolute Gasteiger partial charge is 0.496 e. The molecule has 0 aliphatic rings. The Hall–Kier alpha value is -2.27. The van der Waals surface area contributed by atoms with E-state index in [1.54, 1.807) is 7.11 Å². The van der Waals surface area contributed by atoms with Crippen LogP contribution < -0.4 is 4.74 Å².